The molecule has 0 amide bonds. The fourth-order valence-electron chi connectivity index (χ4n) is 1.07. The van der Waals surface area contributed by atoms with Crippen molar-refractivity contribution in [3.63, 3.8) is 0 Å². The summed E-state index contributed by atoms with van der Waals surface area (Å²) in [5.41, 5.74) is 0. The maximum Gasteiger partial charge on any atom is 0.191 e. The average molecular weight is 356 g/mol. The van der Waals surface area contributed by atoms with Gasteiger partial charge in [0.05, 0.1) is 0 Å². The zero-order valence-electron chi connectivity index (χ0n) is 12.0. The number of rotatable bonds is 7. The third kappa shape index (κ3) is 6.50. The number of halogens is 2. The van der Waals surface area contributed by atoms with Gasteiger partial charge in [-0.15, -0.1) is 0 Å². The maximum atomic E-state index is 10.3. The molecule has 0 bridgehead atoms. The van der Waals surface area contributed by atoms with E-state index in [9.17, 15) is 4.79 Å². The average Bonchev–Trinajstić information content (AvgIpc) is 2.23. The Morgan fingerprint density at radius 1 is 1.33 bits per heavy atom. The summed E-state index contributed by atoms with van der Waals surface area (Å²) < 4.78 is 7.01. The second-order valence-corrected chi connectivity index (χ2v) is 12.1. The van der Waals surface area contributed by atoms with Crippen LogP contribution >= 0.6 is 27.5 Å². The van der Waals surface area contributed by atoms with Gasteiger partial charge in [-0.05, 0) is 24.6 Å². The Labute approximate surface area is 125 Å². The van der Waals surface area contributed by atoms with Crippen LogP contribution in [0.4, 0.5) is 0 Å². The summed E-state index contributed by atoms with van der Waals surface area (Å²) in [4.78, 5) is 10.3. The molecular formula is C13H24BrClO2Si. The lowest BCUT2D eigenvalue weighted by atomic mass is 10.2. The van der Waals surface area contributed by atoms with Crippen molar-refractivity contribution in [2.75, 3.05) is 6.61 Å². The molecule has 0 heterocycles. The molecule has 0 fully saturated rings. The quantitative estimate of drug-likeness (QED) is 0.462. The highest BCUT2D eigenvalue weighted by atomic mass is 79.9. The van der Waals surface area contributed by atoms with Gasteiger partial charge in [-0.2, -0.15) is 0 Å². The van der Waals surface area contributed by atoms with E-state index in [1.54, 1.807) is 0 Å². The van der Waals surface area contributed by atoms with Crippen molar-refractivity contribution in [2.45, 2.75) is 58.2 Å². The van der Waals surface area contributed by atoms with Crippen molar-refractivity contribution in [3.05, 3.63) is 9.51 Å². The standard InChI is InChI=1S/C13H24BrClO2Si/c1-13(2,3)18(4,5)17-10-8-11(14)12(15)7-6-9-16/h9H,6-8,10H2,1-5H3/b12-11-. The Hall–Kier alpha value is 0.357. The van der Waals surface area contributed by atoms with Crippen LogP contribution in [0.2, 0.25) is 18.1 Å². The van der Waals surface area contributed by atoms with Gasteiger partial charge in [0.1, 0.15) is 6.29 Å². The van der Waals surface area contributed by atoms with Crippen LogP contribution in [0.15, 0.2) is 9.51 Å². The summed E-state index contributed by atoms with van der Waals surface area (Å²) >= 11 is 9.54. The van der Waals surface area contributed by atoms with Crippen LogP contribution in [0.25, 0.3) is 0 Å². The first-order valence-corrected chi connectivity index (χ1v) is 10.3. The molecule has 0 N–H and O–H groups in total. The number of aldehydes is 1. The van der Waals surface area contributed by atoms with Gasteiger partial charge in [-0.25, -0.2) is 0 Å². The fraction of sp³-hybridized carbons (Fsp3) is 0.769. The third-order valence-electron chi connectivity index (χ3n) is 3.37. The van der Waals surface area contributed by atoms with Gasteiger partial charge in [-0.3, -0.25) is 0 Å². The molecule has 18 heavy (non-hydrogen) atoms. The third-order valence-corrected chi connectivity index (χ3v) is 9.43. The van der Waals surface area contributed by atoms with Gasteiger partial charge in [0.25, 0.3) is 0 Å². The van der Waals surface area contributed by atoms with Crippen LogP contribution in [-0.2, 0) is 9.22 Å². The van der Waals surface area contributed by atoms with E-state index in [1.165, 1.54) is 0 Å². The van der Waals surface area contributed by atoms with Crippen LogP contribution in [0.1, 0.15) is 40.0 Å². The Balaban J connectivity index is 4.23. The second-order valence-electron chi connectivity index (χ2n) is 5.87. The van der Waals surface area contributed by atoms with Crippen molar-refractivity contribution in [1.82, 2.24) is 0 Å². The Morgan fingerprint density at radius 3 is 2.33 bits per heavy atom. The van der Waals surface area contributed by atoms with E-state index in [-0.39, 0.29) is 5.04 Å². The summed E-state index contributed by atoms with van der Waals surface area (Å²) in [7, 11) is -1.67. The first-order chi connectivity index (χ1) is 8.12. The number of carbonyl (C=O) groups is 1. The molecule has 0 spiro atoms. The highest BCUT2D eigenvalue weighted by Crippen LogP contribution is 2.37. The summed E-state index contributed by atoms with van der Waals surface area (Å²) in [6.07, 6.45) is 2.72. The summed E-state index contributed by atoms with van der Waals surface area (Å²) in [6.45, 7) is 11.8. The summed E-state index contributed by atoms with van der Waals surface area (Å²) in [5.74, 6) is 0. The molecule has 0 unspecified atom stereocenters. The molecule has 0 aliphatic heterocycles. The molecule has 0 saturated heterocycles. The number of allylic oxidation sites excluding steroid dienone is 1. The van der Waals surface area contributed by atoms with Crippen LogP contribution in [-0.4, -0.2) is 21.2 Å². The lowest BCUT2D eigenvalue weighted by molar-refractivity contribution is -0.107. The van der Waals surface area contributed by atoms with Gasteiger partial charge in [0, 0.05) is 29.0 Å². The molecule has 0 saturated carbocycles. The van der Waals surface area contributed by atoms with Gasteiger partial charge in [0.15, 0.2) is 8.32 Å². The minimum absolute atomic E-state index is 0.227. The second kappa shape index (κ2) is 7.83. The number of hydrogen-bond acceptors (Lipinski definition) is 2. The smallest absolute Gasteiger partial charge is 0.191 e. The van der Waals surface area contributed by atoms with Gasteiger partial charge in [0.2, 0.25) is 0 Å². The molecule has 5 heteroatoms. The van der Waals surface area contributed by atoms with Crippen molar-refractivity contribution >= 4 is 42.1 Å². The number of carbonyl (C=O) groups excluding carboxylic acids is 1. The predicted molar refractivity (Wildman–Crippen MR) is 84.9 cm³/mol. The minimum Gasteiger partial charge on any atom is -0.416 e. The van der Waals surface area contributed by atoms with E-state index in [1.807, 2.05) is 0 Å². The first kappa shape index (κ1) is 18.4. The molecule has 0 atom stereocenters. The van der Waals surface area contributed by atoms with E-state index in [2.05, 4.69) is 49.8 Å². The van der Waals surface area contributed by atoms with E-state index < -0.39 is 8.32 Å². The van der Waals surface area contributed by atoms with Crippen molar-refractivity contribution < 1.29 is 9.22 Å². The molecule has 0 rings (SSSR count). The SMILES string of the molecule is CC(C)(C)[Si](C)(C)OCC/C(Br)=C(/Cl)CCC=O. The first-order valence-electron chi connectivity index (χ1n) is 6.22. The molecule has 0 aromatic carbocycles. The van der Waals surface area contributed by atoms with Gasteiger partial charge in [-0.1, -0.05) is 48.3 Å². The highest BCUT2D eigenvalue weighted by Gasteiger charge is 2.36. The van der Waals surface area contributed by atoms with E-state index in [0.29, 0.717) is 19.4 Å². The predicted octanol–water partition coefficient (Wildman–Crippen LogP) is 5.22. The lowest BCUT2D eigenvalue weighted by Gasteiger charge is -2.36. The Morgan fingerprint density at radius 2 is 1.89 bits per heavy atom. The highest BCUT2D eigenvalue weighted by molar-refractivity contribution is 9.11. The van der Waals surface area contributed by atoms with Gasteiger partial charge < -0.3 is 9.22 Å². The Bertz CT molecular complexity index is 309. The normalized spacial score (nSPS) is 14.4. The largest absolute Gasteiger partial charge is 0.416 e. The van der Waals surface area contributed by atoms with Crippen molar-refractivity contribution in [2.24, 2.45) is 0 Å². The van der Waals surface area contributed by atoms with Crippen LogP contribution in [0.5, 0.6) is 0 Å². The molecule has 2 nitrogen and oxygen atoms in total. The molecule has 0 aromatic heterocycles. The van der Waals surface area contributed by atoms with E-state index >= 15 is 0 Å². The lowest BCUT2D eigenvalue weighted by Crippen LogP contribution is -2.40. The molecular weight excluding hydrogens is 332 g/mol. The van der Waals surface area contributed by atoms with Crippen molar-refractivity contribution in [1.29, 1.82) is 0 Å². The topological polar surface area (TPSA) is 26.3 Å². The van der Waals surface area contributed by atoms with Crippen molar-refractivity contribution in [3.8, 4) is 0 Å². The zero-order chi connectivity index (χ0) is 14.4. The summed E-state index contributed by atoms with van der Waals surface area (Å²) in [6, 6.07) is 0. The molecule has 0 aromatic rings. The molecule has 0 radical (unpaired) electrons. The summed E-state index contributed by atoms with van der Waals surface area (Å²) in [5, 5.41) is 0.950. The fourth-order valence-corrected chi connectivity index (χ4v) is 2.68. The zero-order valence-corrected chi connectivity index (χ0v) is 15.3. The van der Waals surface area contributed by atoms with E-state index in [0.717, 1.165) is 22.2 Å². The van der Waals surface area contributed by atoms with Crippen LogP contribution in [0, 0.1) is 0 Å². The molecule has 106 valence electrons. The van der Waals surface area contributed by atoms with Crippen LogP contribution < -0.4 is 0 Å². The Kier molecular flexibility index (Phi) is 7.98. The molecule has 0 aliphatic carbocycles. The maximum absolute atomic E-state index is 10.3. The van der Waals surface area contributed by atoms with E-state index in [4.69, 9.17) is 16.0 Å². The van der Waals surface area contributed by atoms with Gasteiger partial charge >= 0.3 is 0 Å². The van der Waals surface area contributed by atoms with Crippen LogP contribution in [0.3, 0.4) is 0 Å². The monoisotopic (exact) mass is 354 g/mol. The minimum atomic E-state index is -1.67. The number of hydrogen-bond donors (Lipinski definition) is 0. The molecule has 0 aliphatic rings.